The summed E-state index contributed by atoms with van der Waals surface area (Å²) in [7, 11) is 0. The zero-order valence-electron chi connectivity index (χ0n) is 7.06. The van der Waals surface area contributed by atoms with Crippen molar-refractivity contribution in [1.82, 2.24) is 0 Å². The smallest absolute Gasteiger partial charge is 0.00963 e. The third-order valence-electron chi connectivity index (χ3n) is 0.702. The van der Waals surface area contributed by atoms with Crippen LogP contribution >= 0.6 is 0 Å². The van der Waals surface area contributed by atoms with Crippen LogP contribution in [0.2, 0.25) is 0 Å². The Morgan fingerprint density at radius 3 is 2.09 bits per heavy atom. The van der Waals surface area contributed by atoms with Gasteiger partial charge in [0.05, 0.1) is 0 Å². The Labute approximate surface area is 69.3 Å². The number of rotatable bonds is 2. The minimum Gasteiger partial charge on any atom is -0.329 e. The van der Waals surface area contributed by atoms with Crippen LogP contribution in [0.1, 0.15) is 19.8 Å². The van der Waals surface area contributed by atoms with Crippen molar-refractivity contribution in [1.29, 1.82) is 0 Å². The second-order valence-electron chi connectivity index (χ2n) is 1.77. The number of nitrogens with two attached hydrogens (primary N) is 2. The second kappa shape index (κ2) is 16.0. The highest BCUT2D eigenvalue weighted by atomic mass is 14.6. The second-order valence-corrected chi connectivity index (χ2v) is 1.77. The molecule has 0 amide bonds. The van der Waals surface area contributed by atoms with Crippen molar-refractivity contribution in [2.75, 3.05) is 13.1 Å². The third-order valence-corrected chi connectivity index (χ3v) is 0.702. The summed E-state index contributed by atoms with van der Waals surface area (Å²) < 4.78 is 0. The van der Waals surface area contributed by atoms with E-state index in [4.69, 9.17) is 17.9 Å². The first-order valence-corrected chi connectivity index (χ1v) is 3.67. The van der Waals surface area contributed by atoms with Gasteiger partial charge < -0.3 is 11.5 Å². The average Bonchev–Trinajstić information content (AvgIpc) is 2.06. The molecule has 0 spiro atoms. The molecule has 2 nitrogen and oxygen atoms in total. The molecule has 0 saturated heterocycles. The number of hydrogen-bond donors (Lipinski definition) is 2. The summed E-state index contributed by atoms with van der Waals surface area (Å²) in [4.78, 5) is 0. The SMILES string of the molecule is C#CC#CCCC.NCCN. The molecule has 0 aliphatic carbocycles. The fraction of sp³-hybridized carbons (Fsp3) is 0.556. The van der Waals surface area contributed by atoms with Crippen LogP contribution in [0.3, 0.4) is 0 Å². The minimum absolute atomic E-state index is 0.597. The van der Waals surface area contributed by atoms with Gasteiger partial charge in [0.15, 0.2) is 0 Å². The van der Waals surface area contributed by atoms with Gasteiger partial charge >= 0.3 is 0 Å². The number of hydrogen-bond acceptors (Lipinski definition) is 2. The Balaban J connectivity index is 0. The molecule has 0 aromatic heterocycles. The van der Waals surface area contributed by atoms with E-state index in [0.29, 0.717) is 13.1 Å². The lowest BCUT2D eigenvalue weighted by Gasteiger charge is -1.72. The molecule has 2 heteroatoms. The molecule has 0 bridgehead atoms. The predicted octanol–water partition coefficient (Wildman–Crippen LogP) is 0.327. The van der Waals surface area contributed by atoms with Gasteiger partial charge in [-0.05, 0) is 18.3 Å². The summed E-state index contributed by atoms with van der Waals surface area (Å²) in [5.41, 5.74) is 9.81. The van der Waals surface area contributed by atoms with E-state index in [1.54, 1.807) is 0 Å². The molecular weight excluding hydrogens is 136 g/mol. The van der Waals surface area contributed by atoms with E-state index in [1.807, 2.05) is 0 Å². The highest BCUT2D eigenvalue weighted by molar-refractivity contribution is 5.21. The number of unbranched alkanes of at least 4 members (excludes halogenated alkanes) is 1. The van der Waals surface area contributed by atoms with E-state index in [1.165, 1.54) is 0 Å². The Hall–Kier alpha value is -0.960. The lowest BCUT2D eigenvalue weighted by Crippen LogP contribution is -2.11. The maximum Gasteiger partial charge on any atom is 0.00963 e. The maximum absolute atomic E-state index is 4.90. The molecule has 0 fully saturated rings. The maximum atomic E-state index is 4.90. The minimum atomic E-state index is 0.597. The zero-order chi connectivity index (χ0) is 8.95. The predicted molar refractivity (Wildman–Crippen MR) is 49.6 cm³/mol. The molecule has 62 valence electrons. The zero-order valence-corrected chi connectivity index (χ0v) is 7.06. The summed E-state index contributed by atoms with van der Waals surface area (Å²) in [6, 6.07) is 0. The van der Waals surface area contributed by atoms with Crippen molar-refractivity contribution in [2.45, 2.75) is 19.8 Å². The van der Waals surface area contributed by atoms with Gasteiger partial charge in [0, 0.05) is 19.5 Å². The number of terminal acetylenes is 1. The van der Waals surface area contributed by atoms with E-state index in [2.05, 4.69) is 24.7 Å². The van der Waals surface area contributed by atoms with Gasteiger partial charge in [-0.25, -0.2) is 0 Å². The highest BCUT2D eigenvalue weighted by Crippen LogP contribution is 1.79. The third kappa shape index (κ3) is 27.5. The fourth-order valence-electron chi connectivity index (χ4n) is 0.239. The van der Waals surface area contributed by atoms with Crippen LogP contribution < -0.4 is 11.5 Å². The van der Waals surface area contributed by atoms with Crippen LogP contribution in [0.5, 0.6) is 0 Å². The van der Waals surface area contributed by atoms with E-state index >= 15 is 0 Å². The van der Waals surface area contributed by atoms with Crippen molar-refractivity contribution in [3.63, 3.8) is 0 Å². The standard InChI is InChI=1S/C7H8.C2H8N2/c1-3-5-7-6-4-2;3-1-2-4/h1H,4,6H2,2H3;1-4H2. The molecular formula is C9H16N2. The van der Waals surface area contributed by atoms with Crippen LogP contribution in [0.15, 0.2) is 0 Å². The molecule has 0 aliphatic rings. The lowest BCUT2D eigenvalue weighted by molar-refractivity contribution is 0.976. The highest BCUT2D eigenvalue weighted by Gasteiger charge is 1.64. The van der Waals surface area contributed by atoms with Gasteiger partial charge in [-0.3, -0.25) is 0 Å². The summed E-state index contributed by atoms with van der Waals surface area (Å²) in [5.74, 6) is 7.57. The van der Waals surface area contributed by atoms with Crippen LogP contribution in [0, 0.1) is 24.2 Å². The average molecular weight is 152 g/mol. The van der Waals surface area contributed by atoms with E-state index in [0.717, 1.165) is 12.8 Å². The molecule has 0 aromatic carbocycles. The Morgan fingerprint density at radius 1 is 1.27 bits per heavy atom. The molecule has 4 N–H and O–H groups in total. The Morgan fingerprint density at radius 2 is 1.82 bits per heavy atom. The first-order chi connectivity index (χ1) is 5.33. The molecule has 0 atom stereocenters. The van der Waals surface area contributed by atoms with Gasteiger partial charge in [-0.1, -0.05) is 12.8 Å². The first kappa shape index (κ1) is 12.7. The van der Waals surface area contributed by atoms with Gasteiger partial charge in [-0.2, -0.15) is 0 Å². The van der Waals surface area contributed by atoms with Crippen LogP contribution in [-0.4, -0.2) is 13.1 Å². The van der Waals surface area contributed by atoms with Crippen LogP contribution in [-0.2, 0) is 0 Å². The van der Waals surface area contributed by atoms with Gasteiger partial charge in [0.25, 0.3) is 0 Å². The van der Waals surface area contributed by atoms with Crippen molar-refractivity contribution in [3.05, 3.63) is 0 Å². The summed E-state index contributed by atoms with van der Waals surface area (Å²) >= 11 is 0. The molecule has 11 heavy (non-hydrogen) atoms. The van der Waals surface area contributed by atoms with Crippen molar-refractivity contribution >= 4 is 0 Å². The summed E-state index contributed by atoms with van der Waals surface area (Å²) in [5, 5.41) is 0. The topological polar surface area (TPSA) is 52.0 Å². The Kier molecular flexibility index (Phi) is 18.5. The summed E-state index contributed by atoms with van der Waals surface area (Å²) in [6.45, 7) is 3.27. The van der Waals surface area contributed by atoms with Crippen molar-refractivity contribution < 1.29 is 0 Å². The lowest BCUT2D eigenvalue weighted by atomic mass is 10.3. The van der Waals surface area contributed by atoms with Gasteiger partial charge in [0.2, 0.25) is 0 Å². The molecule has 0 radical (unpaired) electrons. The molecule has 0 heterocycles. The molecule has 0 saturated carbocycles. The van der Waals surface area contributed by atoms with Crippen molar-refractivity contribution in [2.24, 2.45) is 11.5 Å². The molecule has 0 aliphatic heterocycles. The molecule has 0 rings (SSSR count). The van der Waals surface area contributed by atoms with E-state index in [9.17, 15) is 0 Å². The van der Waals surface area contributed by atoms with Gasteiger partial charge in [0.1, 0.15) is 0 Å². The van der Waals surface area contributed by atoms with E-state index in [-0.39, 0.29) is 0 Å². The monoisotopic (exact) mass is 152 g/mol. The van der Waals surface area contributed by atoms with Crippen LogP contribution in [0.4, 0.5) is 0 Å². The molecule has 0 unspecified atom stereocenters. The van der Waals surface area contributed by atoms with E-state index < -0.39 is 0 Å². The largest absolute Gasteiger partial charge is 0.329 e. The normalized spacial score (nSPS) is 6.36. The molecule has 0 aromatic rings. The summed E-state index contributed by atoms with van der Waals surface area (Å²) in [6.07, 6.45) is 6.86. The Bertz CT molecular complexity index is 143. The quantitative estimate of drug-likeness (QED) is 0.560. The fourth-order valence-corrected chi connectivity index (χ4v) is 0.239. The van der Waals surface area contributed by atoms with Gasteiger partial charge in [-0.15, -0.1) is 6.42 Å². The van der Waals surface area contributed by atoms with Crippen LogP contribution in [0.25, 0.3) is 0 Å². The first-order valence-electron chi connectivity index (χ1n) is 3.67. The van der Waals surface area contributed by atoms with Crippen molar-refractivity contribution in [3.8, 4) is 24.2 Å².